The summed E-state index contributed by atoms with van der Waals surface area (Å²) in [6.45, 7) is 4.82. The summed E-state index contributed by atoms with van der Waals surface area (Å²) in [5.74, 6) is 0.249. The van der Waals surface area contributed by atoms with Gasteiger partial charge in [0, 0.05) is 31.1 Å². The summed E-state index contributed by atoms with van der Waals surface area (Å²) in [6, 6.07) is 13.3. The summed E-state index contributed by atoms with van der Waals surface area (Å²) in [5.41, 5.74) is 1.28. The van der Waals surface area contributed by atoms with Gasteiger partial charge in [-0.05, 0) is 55.2 Å². The molecule has 10 heteroatoms. The lowest BCUT2D eigenvalue weighted by Crippen LogP contribution is -2.49. The zero-order valence-corrected chi connectivity index (χ0v) is 23.6. The maximum Gasteiger partial charge on any atom is 0.242 e. The molecule has 0 heterocycles. The molecule has 2 aromatic rings. The number of nitrogens with one attached hydrogen (secondary N) is 1. The minimum absolute atomic E-state index is 0.0787. The Kier molecular flexibility index (Phi) is 12.2. The number of ether oxygens (including phenoxy) is 1. The Morgan fingerprint density at radius 1 is 1.08 bits per heavy atom. The van der Waals surface area contributed by atoms with Crippen LogP contribution in [0, 0.1) is 0 Å². The van der Waals surface area contributed by atoms with Crippen molar-refractivity contribution in [2.24, 2.45) is 0 Å². The molecular weight excluding hydrogens is 514 g/mol. The van der Waals surface area contributed by atoms with E-state index in [1.54, 1.807) is 36.3 Å². The van der Waals surface area contributed by atoms with E-state index >= 15 is 0 Å². The minimum Gasteiger partial charge on any atom is -0.497 e. The van der Waals surface area contributed by atoms with Crippen LogP contribution in [0.25, 0.3) is 0 Å². The molecule has 0 aromatic heterocycles. The lowest BCUT2D eigenvalue weighted by Gasteiger charge is -2.31. The molecule has 204 valence electrons. The number of rotatable bonds is 15. The molecule has 0 spiro atoms. The molecule has 1 unspecified atom stereocenters. The Morgan fingerprint density at radius 3 is 2.43 bits per heavy atom. The van der Waals surface area contributed by atoms with Gasteiger partial charge in [0.2, 0.25) is 21.8 Å². The first-order chi connectivity index (χ1) is 17.6. The van der Waals surface area contributed by atoms with Gasteiger partial charge >= 0.3 is 0 Å². The van der Waals surface area contributed by atoms with Gasteiger partial charge in [0.05, 0.1) is 19.1 Å². The van der Waals surface area contributed by atoms with Crippen molar-refractivity contribution in [1.82, 2.24) is 10.2 Å². The monoisotopic (exact) mass is 551 g/mol. The predicted molar refractivity (Wildman–Crippen MR) is 148 cm³/mol. The number of carbonyl (C=O) groups excluding carboxylic acids is 2. The highest BCUT2D eigenvalue weighted by molar-refractivity contribution is 7.92. The first-order valence-corrected chi connectivity index (χ1v) is 14.8. The number of benzene rings is 2. The predicted octanol–water partition coefficient (Wildman–Crippen LogP) is 4.62. The van der Waals surface area contributed by atoms with Crippen molar-refractivity contribution in [3.63, 3.8) is 0 Å². The highest BCUT2D eigenvalue weighted by Crippen LogP contribution is 2.23. The minimum atomic E-state index is -3.58. The van der Waals surface area contributed by atoms with Crippen LogP contribution in [-0.2, 0) is 26.2 Å². The molecule has 0 fully saturated rings. The molecule has 2 amide bonds. The summed E-state index contributed by atoms with van der Waals surface area (Å²) in [7, 11) is -2.01. The van der Waals surface area contributed by atoms with Gasteiger partial charge in [0.1, 0.15) is 11.8 Å². The number of amides is 2. The van der Waals surface area contributed by atoms with Crippen molar-refractivity contribution < 1.29 is 22.7 Å². The smallest absolute Gasteiger partial charge is 0.242 e. The van der Waals surface area contributed by atoms with Gasteiger partial charge < -0.3 is 15.0 Å². The summed E-state index contributed by atoms with van der Waals surface area (Å²) >= 11 is 6.06. The van der Waals surface area contributed by atoms with E-state index in [2.05, 4.69) is 5.32 Å². The Hall–Kier alpha value is -2.78. The second-order valence-corrected chi connectivity index (χ2v) is 11.2. The van der Waals surface area contributed by atoms with Crippen molar-refractivity contribution in [3.8, 4) is 5.75 Å². The van der Waals surface area contributed by atoms with Crippen molar-refractivity contribution in [2.45, 2.75) is 58.5 Å². The second kappa shape index (κ2) is 14.8. The lowest BCUT2D eigenvalue weighted by atomic mass is 10.1. The number of unbranched alkanes of at least 4 members (excludes halogenated alkanes) is 1. The van der Waals surface area contributed by atoms with Crippen LogP contribution in [0.4, 0.5) is 5.69 Å². The quantitative estimate of drug-likeness (QED) is 0.326. The van der Waals surface area contributed by atoms with Crippen LogP contribution in [0.3, 0.4) is 0 Å². The van der Waals surface area contributed by atoms with Crippen molar-refractivity contribution in [3.05, 3.63) is 59.1 Å². The SMILES string of the molecule is CCCCNC(=O)C(CC)N(Cc1cccc(OC)c1)C(=O)CCCN(c1cccc(Cl)c1)S(C)(=O)=O. The third kappa shape index (κ3) is 9.55. The third-order valence-corrected chi connectivity index (χ3v) is 7.38. The maximum absolute atomic E-state index is 13.5. The van der Waals surface area contributed by atoms with Crippen LogP contribution in [-0.4, -0.2) is 57.6 Å². The van der Waals surface area contributed by atoms with Gasteiger partial charge in [-0.25, -0.2) is 8.42 Å². The normalized spacial score (nSPS) is 12.0. The van der Waals surface area contributed by atoms with Crippen LogP contribution in [0.2, 0.25) is 5.02 Å². The van der Waals surface area contributed by atoms with E-state index in [-0.39, 0.29) is 37.7 Å². The number of sulfonamides is 1. The Labute approximate surface area is 226 Å². The fourth-order valence-corrected chi connectivity index (χ4v) is 5.17. The van der Waals surface area contributed by atoms with Crippen LogP contribution in [0.1, 0.15) is 51.5 Å². The molecule has 0 aliphatic carbocycles. The number of hydrogen-bond donors (Lipinski definition) is 1. The van der Waals surface area contributed by atoms with Crippen LogP contribution < -0.4 is 14.4 Å². The van der Waals surface area contributed by atoms with Crippen molar-refractivity contribution >= 4 is 39.1 Å². The topological polar surface area (TPSA) is 96.0 Å². The molecule has 0 saturated carbocycles. The van der Waals surface area contributed by atoms with Gasteiger partial charge in [-0.3, -0.25) is 13.9 Å². The first-order valence-electron chi connectivity index (χ1n) is 12.5. The van der Waals surface area contributed by atoms with Gasteiger partial charge in [-0.1, -0.05) is 50.1 Å². The highest BCUT2D eigenvalue weighted by atomic mass is 35.5. The van der Waals surface area contributed by atoms with Gasteiger partial charge in [-0.2, -0.15) is 0 Å². The summed E-state index contributed by atoms with van der Waals surface area (Å²) < 4.78 is 31.5. The zero-order chi connectivity index (χ0) is 27.4. The molecule has 2 aromatic carbocycles. The molecule has 0 saturated heterocycles. The van der Waals surface area contributed by atoms with E-state index < -0.39 is 16.1 Å². The molecule has 1 atom stereocenters. The molecule has 2 rings (SSSR count). The number of hydrogen-bond acceptors (Lipinski definition) is 5. The van der Waals surface area contributed by atoms with Crippen LogP contribution in [0.5, 0.6) is 5.75 Å². The summed E-state index contributed by atoms with van der Waals surface area (Å²) in [5, 5.41) is 3.36. The largest absolute Gasteiger partial charge is 0.497 e. The number of anilines is 1. The fourth-order valence-electron chi connectivity index (χ4n) is 4.03. The van der Waals surface area contributed by atoms with Crippen molar-refractivity contribution in [1.29, 1.82) is 0 Å². The first kappa shape index (κ1) is 30.4. The number of nitrogens with zero attached hydrogens (tertiary/aromatic N) is 2. The van der Waals surface area contributed by atoms with Gasteiger partial charge in [0.25, 0.3) is 0 Å². The highest BCUT2D eigenvalue weighted by Gasteiger charge is 2.29. The van der Waals surface area contributed by atoms with E-state index in [0.717, 1.165) is 24.7 Å². The maximum atomic E-state index is 13.5. The van der Waals surface area contributed by atoms with Gasteiger partial charge in [-0.15, -0.1) is 0 Å². The third-order valence-electron chi connectivity index (χ3n) is 5.95. The van der Waals surface area contributed by atoms with Crippen LogP contribution >= 0.6 is 11.6 Å². The molecule has 0 radical (unpaired) electrons. The Balaban J connectivity index is 2.22. The average molecular weight is 552 g/mol. The van der Waals surface area contributed by atoms with Crippen LogP contribution in [0.15, 0.2) is 48.5 Å². The lowest BCUT2D eigenvalue weighted by molar-refractivity contribution is -0.141. The molecule has 0 aliphatic heterocycles. The second-order valence-electron chi connectivity index (χ2n) is 8.86. The molecule has 1 N–H and O–H groups in total. The zero-order valence-electron chi connectivity index (χ0n) is 22.1. The van der Waals surface area contributed by atoms with E-state index in [9.17, 15) is 18.0 Å². The number of carbonyl (C=O) groups is 2. The van der Waals surface area contributed by atoms with E-state index in [4.69, 9.17) is 16.3 Å². The van der Waals surface area contributed by atoms with E-state index in [0.29, 0.717) is 29.4 Å². The number of methoxy groups -OCH3 is 1. The van der Waals surface area contributed by atoms with E-state index in [1.807, 2.05) is 38.1 Å². The Bertz CT molecular complexity index is 1140. The molecular formula is C27H38ClN3O5S. The standard InChI is InChI=1S/C27H38ClN3O5S/c1-5-7-16-29-27(33)25(6-2)30(20-21-11-8-14-24(18-21)36-3)26(32)15-10-17-31(37(4,34)35)23-13-9-12-22(28)19-23/h8-9,11-14,18-19,25H,5-7,10,15-17,20H2,1-4H3,(H,29,33). The van der Waals surface area contributed by atoms with Crippen molar-refractivity contribution in [2.75, 3.05) is 30.8 Å². The molecule has 8 nitrogen and oxygen atoms in total. The molecule has 0 aliphatic rings. The van der Waals surface area contributed by atoms with Gasteiger partial charge in [0.15, 0.2) is 0 Å². The fraction of sp³-hybridized carbons (Fsp3) is 0.481. The van der Waals surface area contributed by atoms with E-state index in [1.165, 1.54) is 4.31 Å². The summed E-state index contributed by atoms with van der Waals surface area (Å²) in [4.78, 5) is 28.1. The summed E-state index contributed by atoms with van der Waals surface area (Å²) in [6.07, 6.45) is 3.74. The molecule has 0 bridgehead atoms. The molecule has 37 heavy (non-hydrogen) atoms. The Morgan fingerprint density at radius 2 is 1.81 bits per heavy atom. The average Bonchev–Trinajstić information content (AvgIpc) is 2.85. The number of halogens is 1.